The second-order valence-electron chi connectivity index (χ2n) is 12.0. The molecule has 11 heteroatoms. The third-order valence-corrected chi connectivity index (χ3v) is 8.04. The lowest BCUT2D eigenvalue weighted by Gasteiger charge is -2.16. The number of carbonyl (C=O) groups is 3. The molecule has 0 atom stereocenters. The van der Waals surface area contributed by atoms with Crippen LogP contribution >= 0.6 is 0 Å². The molecule has 55 heavy (non-hydrogen) atoms. The quantitative estimate of drug-likeness (QED) is 0.0765. The smallest absolute Gasteiger partial charge is 0.337 e. The highest BCUT2D eigenvalue weighted by Gasteiger charge is 2.18. The Bertz CT molecular complexity index is 2220. The van der Waals surface area contributed by atoms with E-state index >= 15 is 0 Å². The number of hydrogen-bond acceptors (Lipinski definition) is 7. The highest BCUT2D eigenvalue weighted by molar-refractivity contribution is 6.08. The van der Waals surface area contributed by atoms with Crippen LogP contribution in [-0.2, 0) is 18.0 Å². The second-order valence-corrected chi connectivity index (χ2v) is 12.0. The Kier molecular flexibility index (Phi) is 13.7. The third kappa shape index (κ3) is 11.2. The Balaban J connectivity index is 1.38. The number of allylic oxidation sites excluding steroid dienone is 4. The second kappa shape index (κ2) is 19.2. The van der Waals surface area contributed by atoms with Crippen LogP contribution in [0.4, 0.5) is 20.2 Å². The summed E-state index contributed by atoms with van der Waals surface area (Å²) < 4.78 is 49.8. The van der Waals surface area contributed by atoms with Crippen molar-refractivity contribution in [1.82, 2.24) is 0 Å². The molecule has 9 nitrogen and oxygen atoms in total. The zero-order valence-electron chi connectivity index (χ0n) is 30.1. The van der Waals surface area contributed by atoms with Crippen LogP contribution in [0.25, 0.3) is 0 Å². The fourth-order valence-corrected chi connectivity index (χ4v) is 5.06. The van der Waals surface area contributed by atoms with E-state index in [1.807, 2.05) is 25.2 Å². The number of benzene rings is 5. The molecule has 280 valence electrons. The Labute approximate surface area is 317 Å². The van der Waals surface area contributed by atoms with Crippen molar-refractivity contribution in [1.29, 1.82) is 0 Å². The molecule has 0 aliphatic carbocycles. The molecule has 0 fully saturated rings. The van der Waals surface area contributed by atoms with Gasteiger partial charge in [0.25, 0.3) is 11.8 Å². The number of carbonyl (C=O) groups excluding carboxylic acids is 3. The average Bonchev–Trinajstić information content (AvgIpc) is 3.19. The molecule has 0 heterocycles. The van der Waals surface area contributed by atoms with Gasteiger partial charge in [-0.05, 0) is 102 Å². The van der Waals surface area contributed by atoms with Gasteiger partial charge in [0.1, 0.15) is 48.7 Å². The lowest BCUT2D eigenvalue weighted by atomic mass is 10.1. The zero-order valence-corrected chi connectivity index (χ0v) is 30.1. The molecule has 0 spiro atoms. The van der Waals surface area contributed by atoms with Gasteiger partial charge in [0.15, 0.2) is 0 Å². The molecule has 0 aromatic heterocycles. The number of rotatable bonds is 16. The molecule has 0 saturated carbocycles. The first-order valence-corrected chi connectivity index (χ1v) is 17.0. The summed E-state index contributed by atoms with van der Waals surface area (Å²) >= 11 is 0. The Hall–Kier alpha value is -7.01. The largest absolute Gasteiger partial charge is 0.489 e. The van der Waals surface area contributed by atoms with Crippen molar-refractivity contribution in [2.24, 2.45) is 0 Å². The fourth-order valence-electron chi connectivity index (χ4n) is 5.06. The number of methoxy groups -OCH3 is 1. The molecule has 5 aromatic carbocycles. The Morgan fingerprint density at radius 2 is 1.11 bits per heavy atom. The number of hydrogen-bond donors (Lipinski definition) is 2. The predicted molar refractivity (Wildman–Crippen MR) is 207 cm³/mol. The number of esters is 1. The van der Waals surface area contributed by atoms with Crippen molar-refractivity contribution in [3.05, 3.63) is 185 Å². The lowest BCUT2D eigenvalue weighted by molar-refractivity contribution is 0.0600. The summed E-state index contributed by atoms with van der Waals surface area (Å²) in [4.78, 5) is 39.5. The van der Waals surface area contributed by atoms with Crippen LogP contribution in [-0.4, -0.2) is 31.5 Å². The van der Waals surface area contributed by atoms with Crippen molar-refractivity contribution in [2.75, 3.05) is 24.4 Å². The van der Waals surface area contributed by atoms with Gasteiger partial charge in [-0.15, -0.1) is 0 Å². The van der Waals surface area contributed by atoms with Crippen LogP contribution in [0, 0.1) is 18.6 Å². The van der Waals surface area contributed by atoms with E-state index in [2.05, 4.69) is 17.2 Å². The SMILES string of the molecule is C=C/C=C\C=C\COc1cc(C(=O)Nc2ccc(C(=O)Nc3ccc(C(=O)OC)cc3OCc3ccc(F)cc3)cc2OCc2ccc(F)cc2)ccc1C. The minimum absolute atomic E-state index is 0.00259. The van der Waals surface area contributed by atoms with E-state index in [0.717, 1.165) is 5.56 Å². The number of amides is 2. The van der Waals surface area contributed by atoms with Gasteiger partial charge < -0.3 is 29.6 Å². The van der Waals surface area contributed by atoms with Crippen LogP contribution in [0.1, 0.15) is 47.8 Å². The van der Waals surface area contributed by atoms with Crippen LogP contribution in [0.3, 0.4) is 0 Å². The van der Waals surface area contributed by atoms with Crippen LogP contribution < -0.4 is 24.8 Å². The molecule has 2 amide bonds. The molecule has 0 saturated heterocycles. The van der Waals surface area contributed by atoms with E-state index in [1.54, 1.807) is 54.6 Å². The van der Waals surface area contributed by atoms with Gasteiger partial charge >= 0.3 is 5.97 Å². The maximum Gasteiger partial charge on any atom is 0.337 e. The summed E-state index contributed by atoms with van der Waals surface area (Å²) in [6.45, 7) is 5.81. The van der Waals surface area contributed by atoms with Crippen molar-refractivity contribution >= 4 is 29.2 Å². The number of anilines is 2. The standard InChI is InChI=1S/C44H38F2N2O7/c1-4-5-6-7-8-23-53-39-24-32(14-9-29(39)2)42(49)47-37-21-15-33(25-40(37)54-27-30-10-17-35(45)18-11-30)43(50)48-38-22-16-34(44(51)52-3)26-41(38)55-28-31-12-19-36(46)20-13-31/h4-22,24-26H,1,23,27-28H2,2-3H3,(H,47,49)(H,48,50)/b6-5-,8-7+. The predicted octanol–water partition coefficient (Wildman–Crippen LogP) is 9.40. The lowest BCUT2D eigenvalue weighted by Crippen LogP contribution is -2.16. The van der Waals surface area contributed by atoms with Gasteiger partial charge in [-0.2, -0.15) is 0 Å². The topological polar surface area (TPSA) is 112 Å². The average molecular weight is 745 g/mol. The molecule has 0 aliphatic heterocycles. The molecule has 0 radical (unpaired) electrons. The van der Waals surface area contributed by atoms with Gasteiger partial charge in [0.05, 0.1) is 24.0 Å². The zero-order chi connectivity index (χ0) is 39.2. The van der Waals surface area contributed by atoms with Crippen LogP contribution in [0.5, 0.6) is 17.2 Å². The molecule has 5 aromatic rings. The van der Waals surface area contributed by atoms with Crippen LogP contribution in [0.2, 0.25) is 0 Å². The summed E-state index contributed by atoms with van der Waals surface area (Å²) in [6.07, 6.45) is 8.94. The Morgan fingerprint density at radius 3 is 1.64 bits per heavy atom. The highest BCUT2D eigenvalue weighted by atomic mass is 19.1. The van der Waals surface area contributed by atoms with Crippen molar-refractivity contribution in [3.8, 4) is 17.2 Å². The van der Waals surface area contributed by atoms with Crippen molar-refractivity contribution in [3.63, 3.8) is 0 Å². The number of halogens is 2. The van der Waals surface area contributed by atoms with Gasteiger partial charge in [0.2, 0.25) is 0 Å². The summed E-state index contributed by atoms with van der Waals surface area (Å²) in [6, 6.07) is 25.4. The first-order chi connectivity index (χ1) is 26.6. The molecule has 5 rings (SSSR count). The summed E-state index contributed by atoms with van der Waals surface area (Å²) in [5.41, 5.74) is 3.34. The monoisotopic (exact) mass is 744 g/mol. The number of ether oxygens (including phenoxy) is 4. The number of aryl methyl sites for hydroxylation is 1. The molecule has 0 bridgehead atoms. The van der Waals surface area contributed by atoms with E-state index < -0.39 is 29.4 Å². The van der Waals surface area contributed by atoms with E-state index in [1.165, 1.54) is 67.8 Å². The summed E-state index contributed by atoms with van der Waals surface area (Å²) in [5.74, 6) is -1.56. The van der Waals surface area contributed by atoms with Crippen molar-refractivity contribution < 1.29 is 42.1 Å². The minimum Gasteiger partial charge on any atom is -0.489 e. The van der Waals surface area contributed by atoms with E-state index in [9.17, 15) is 23.2 Å². The Morgan fingerprint density at radius 1 is 0.618 bits per heavy atom. The molecule has 2 N–H and O–H groups in total. The van der Waals surface area contributed by atoms with Gasteiger partial charge in [-0.25, -0.2) is 13.6 Å². The third-order valence-electron chi connectivity index (χ3n) is 8.04. The first kappa shape index (κ1) is 39.2. The maximum absolute atomic E-state index is 13.7. The molecular formula is C44H38F2N2O7. The normalized spacial score (nSPS) is 10.9. The summed E-state index contributed by atoms with van der Waals surface area (Å²) in [5, 5.41) is 5.67. The van der Waals surface area contributed by atoms with E-state index in [4.69, 9.17) is 18.9 Å². The maximum atomic E-state index is 13.7. The van der Waals surface area contributed by atoms with Crippen LogP contribution in [0.15, 0.2) is 140 Å². The van der Waals surface area contributed by atoms with E-state index in [-0.39, 0.29) is 53.8 Å². The highest BCUT2D eigenvalue weighted by Crippen LogP contribution is 2.31. The van der Waals surface area contributed by atoms with Gasteiger partial charge in [-0.3, -0.25) is 9.59 Å². The minimum atomic E-state index is -0.607. The first-order valence-electron chi connectivity index (χ1n) is 17.0. The van der Waals surface area contributed by atoms with E-state index in [0.29, 0.717) is 22.4 Å². The molecule has 0 unspecified atom stereocenters. The van der Waals surface area contributed by atoms with Gasteiger partial charge in [-0.1, -0.05) is 61.2 Å². The summed E-state index contributed by atoms with van der Waals surface area (Å²) in [7, 11) is 1.25. The fraction of sp³-hybridized carbons (Fsp3) is 0.114. The van der Waals surface area contributed by atoms with Crippen molar-refractivity contribution in [2.45, 2.75) is 20.1 Å². The molecular weight excluding hydrogens is 706 g/mol. The molecule has 0 aliphatic rings. The number of nitrogens with one attached hydrogen (secondary N) is 2. The van der Waals surface area contributed by atoms with Gasteiger partial charge in [0, 0.05) is 11.1 Å².